The van der Waals surface area contributed by atoms with Crippen LogP contribution in [0.1, 0.15) is 50.2 Å². The molecule has 20 heavy (non-hydrogen) atoms. The molecule has 112 valence electrons. The zero-order valence-electron chi connectivity index (χ0n) is 12.1. The SMILES string of the molecule is Cc1ccc(NC(C)C2CCCCC2)cc1C(F)(F)F. The topological polar surface area (TPSA) is 12.0 Å². The Morgan fingerprint density at radius 3 is 2.40 bits per heavy atom. The maximum atomic E-state index is 12.9. The molecule has 1 N–H and O–H groups in total. The van der Waals surface area contributed by atoms with Crippen LogP contribution in [0.3, 0.4) is 0 Å². The van der Waals surface area contributed by atoms with Gasteiger partial charge in [-0.15, -0.1) is 0 Å². The van der Waals surface area contributed by atoms with Crippen LogP contribution in [0.2, 0.25) is 0 Å². The van der Waals surface area contributed by atoms with E-state index in [1.165, 1.54) is 45.1 Å². The molecule has 0 aromatic heterocycles. The van der Waals surface area contributed by atoms with Crippen LogP contribution in [-0.4, -0.2) is 6.04 Å². The van der Waals surface area contributed by atoms with Crippen LogP contribution in [-0.2, 0) is 6.18 Å². The summed E-state index contributed by atoms with van der Waals surface area (Å²) in [6, 6.07) is 4.73. The first kappa shape index (κ1) is 15.2. The second kappa shape index (κ2) is 6.06. The van der Waals surface area contributed by atoms with Gasteiger partial charge in [0.25, 0.3) is 0 Å². The highest BCUT2D eigenvalue weighted by Gasteiger charge is 2.32. The van der Waals surface area contributed by atoms with Gasteiger partial charge in [0.1, 0.15) is 0 Å². The Labute approximate surface area is 118 Å². The van der Waals surface area contributed by atoms with Crippen molar-refractivity contribution in [2.24, 2.45) is 5.92 Å². The van der Waals surface area contributed by atoms with Gasteiger partial charge >= 0.3 is 6.18 Å². The summed E-state index contributed by atoms with van der Waals surface area (Å²) < 4.78 is 38.7. The van der Waals surface area contributed by atoms with Crippen LogP contribution in [0.25, 0.3) is 0 Å². The van der Waals surface area contributed by atoms with Crippen LogP contribution in [0.4, 0.5) is 18.9 Å². The van der Waals surface area contributed by atoms with Gasteiger partial charge < -0.3 is 5.32 Å². The van der Waals surface area contributed by atoms with Gasteiger partial charge in [0.2, 0.25) is 0 Å². The van der Waals surface area contributed by atoms with Crippen molar-refractivity contribution in [2.45, 2.75) is 58.2 Å². The summed E-state index contributed by atoms with van der Waals surface area (Å²) in [6.07, 6.45) is 1.82. The highest BCUT2D eigenvalue weighted by atomic mass is 19.4. The minimum atomic E-state index is -4.28. The number of hydrogen-bond acceptors (Lipinski definition) is 1. The van der Waals surface area contributed by atoms with E-state index in [1.54, 1.807) is 12.1 Å². The lowest BCUT2D eigenvalue weighted by Gasteiger charge is -2.29. The zero-order valence-corrected chi connectivity index (χ0v) is 12.1. The van der Waals surface area contributed by atoms with E-state index in [-0.39, 0.29) is 11.6 Å². The Morgan fingerprint density at radius 1 is 1.15 bits per heavy atom. The molecule has 0 heterocycles. The van der Waals surface area contributed by atoms with Crippen molar-refractivity contribution in [1.82, 2.24) is 0 Å². The van der Waals surface area contributed by atoms with Crippen LogP contribution < -0.4 is 5.32 Å². The van der Waals surface area contributed by atoms with Crippen LogP contribution in [0, 0.1) is 12.8 Å². The van der Waals surface area contributed by atoms with Gasteiger partial charge in [0.05, 0.1) is 5.56 Å². The Kier molecular flexibility index (Phi) is 4.61. The van der Waals surface area contributed by atoms with E-state index >= 15 is 0 Å². The molecule has 4 heteroatoms. The fraction of sp³-hybridized carbons (Fsp3) is 0.625. The van der Waals surface area contributed by atoms with Gasteiger partial charge in [0, 0.05) is 11.7 Å². The van der Waals surface area contributed by atoms with Gasteiger partial charge in [-0.2, -0.15) is 13.2 Å². The van der Waals surface area contributed by atoms with E-state index in [1.807, 2.05) is 0 Å². The number of nitrogens with one attached hydrogen (secondary N) is 1. The number of rotatable bonds is 3. The predicted octanol–water partition coefficient (Wildman–Crippen LogP) is 5.39. The first-order valence-corrected chi connectivity index (χ1v) is 7.32. The summed E-state index contributed by atoms with van der Waals surface area (Å²) >= 11 is 0. The molecular formula is C16H22F3N. The second-order valence-corrected chi connectivity index (χ2v) is 5.86. The first-order chi connectivity index (χ1) is 9.38. The van der Waals surface area contributed by atoms with Gasteiger partial charge in [-0.1, -0.05) is 25.3 Å². The number of aryl methyl sites for hydroxylation is 1. The van der Waals surface area contributed by atoms with Gasteiger partial charge in [-0.25, -0.2) is 0 Å². The molecule has 1 saturated carbocycles. The minimum Gasteiger partial charge on any atom is -0.382 e. The fourth-order valence-electron chi connectivity index (χ4n) is 3.03. The van der Waals surface area contributed by atoms with E-state index < -0.39 is 11.7 Å². The molecule has 0 saturated heterocycles. The Hall–Kier alpha value is -1.19. The molecule has 1 aromatic rings. The van der Waals surface area contributed by atoms with Crippen LogP contribution in [0.15, 0.2) is 18.2 Å². The molecule has 1 atom stereocenters. The maximum absolute atomic E-state index is 12.9. The lowest BCUT2D eigenvalue weighted by molar-refractivity contribution is -0.138. The highest BCUT2D eigenvalue weighted by molar-refractivity contribution is 5.50. The smallest absolute Gasteiger partial charge is 0.382 e. The monoisotopic (exact) mass is 285 g/mol. The standard InChI is InChI=1S/C16H22F3N/c1-11-8-9-14(10-15(11)16(17,18)19)20-12(2)13-6-4-3-5-7-13/h8-10,12-13,20H,3-7H2,1-2H3. The first-order valence-electron chi connectivity index (χ1n) is 7.32. The molecule has 0 bridgehead atoms. The molecule has 1 fully saturated rings. The van der Waals surface area contributed by atoms with Gasteiger partial charge in [-0.3, -0.25) is 0 Å². The quantitative estimate of drug-likeness (QED) is 0.784. The molecule has 2 rings (SSSR count). The maximum Gasteiger partial charge on any atom is 0.416 e. The zero-order chi connectivity index (χ0) is 14.8. The third kappa shape index (κ3) is 3.68. The third-order valence-corrected chi connectivity index (χ3v) is 4.29. The van der Waals surface area contributed by atoms with Gasteiger partial charge in [0.15, 0.2) is 0 Å². The molecule has 0 aliphatic heterocycles. The molecule has 1 aromatic carbocycles. The molecule has 0 spiro atoms. The van der Waals surface area contributed by atoms with Crippen molar-refractivity contribution >= 4 is 5.69 Å². The minimum absolute atomic E-state index is 0.221. The molecule has 1 unspecified atom stereocenters. The summed E-state index contributed by atoms with van der Waals surface area (Å²) in [5, 5.41) is 3.25. The molecule has 1 aliphatic rings. The number of anilines is 1. The van der Waals surface area contributed by atoms with E-state index in [0.717, 1.165) is 0 Å². The largest absolute Gasteiger partial charge is 0.416 e. The van der Waals surface area contributed by atoms with E-state index in [9.17, 15) is 13.2 Å². The summed E-state index contributed by atoms with van der Waals surface area (Å²) in [5.74, 6) is 0.569. The molecular weight excluding hydrogens is 263 g/mol. The number of alkyl halides is 3. The average molecular weight is 285 g/mol. The lowest BCUT2D eigenvalue weighted by Crippen LogP contribution is -2.27. The molecule has 1 aliphatic carbocycles. The van der Waals surface area contributed by atoms with E-state index in [0.29, 0.717) is 11.6 Å². The highest BCUT2D eigenvalue weighted by Crippen LogP contribution is 2.34. The summed E-state index contributed by atoms with van der Waals surface area (Å²) in [6.45, 7) is 3.57. The second-order valence-electron chi connectivity index (χ2n) is 5.86. The van der Waals surface area contributed by atoms with E-state index in [2.05, 4.69) is 12.2 Å². The fourth-order valence-corrected chi connectivity index (χ4v) is 3.03. The Balaban J connectivity index is 2.09. The third-order valence-electron chi connectivity index (χ3n) is 4.29. The summed E-state index contributed by atoms with van der Waals surface area (Å²) in [7, 11) is 0. The van der Waals surface area contributed by atoms with Crippen molar-refractivity contribution in [2.75, 3.05) is 5.32 Å². The Morgan fingerprint density at radius 2 is 1.80 bits per heavy atom. The normalized spacial score (nSPS) is 18.9. The number of halogens is 3. The van der Waals surface area contributed by atoms with Crippen molar-refractivity contribution in [3.63, 3.8) is 0 Å². The van der Waals surface area contributed by atoms with E-state index in [4.69, 9.17) is 0 Å². The predicted molar refractivity (Wildman–Crippen MR) is 75.8 cm³/mol. The van der Waals surface area contributed by atoms with Crippen LogP contribution >= 0.6 is 0 Å². The van der Waals surface area contributed by atoms with Gasteiger partial charge in [-0.05, 0) is 50.3 Å². The number of hydrogen-bond donors (Lipinski definition) is 1. The van der Waals surface area contributed by atoms with Crippen molar-refractivity contribution in [3.8, 4) is 0 Å². The van der Waals surface area contributed by atoms with Crippen LogP contribution in [0.5, 0.6) is 0 Å². The lowest BCUT2D eigenvalue weighted by atomic mass is 9.84. The molecule has 0 radical (unpaired) electrons. The molecule has 1 nitrogen and oxygen atoms in total. The average Bonchev–Trinajstić information content (AvgIpc) is 2.40. The Bertz CT molecular complexity index is 448. The summed E-state index contributed by atoms with van der Waals surface area (Å²) in [5.41, 5.74) is 0.299. The number of benzene rings is 1. The molecule has 0 amide bonds. The van der Waals surface area contributed by atoms with Crippen molar-refractivity contribution in [1.29, 1.82) is 0 Å². The van der Waals surface area contributed by atoms with Crippen molar-refractivity contribution < 1.29 is 13.2 Å². The summed E-state index contributed by atoms with van der Waals surface area (Å²) in [4.78, 5) is 0. The van der Waals surface area contributed by atoms with Crippen molar-refractivity contribution in [3.05, 3.63) is 29.3 Å².